The minimum absolute atomic E-state index is 0.118. The number of hydrogen-bond acceptors (Lipinski definition) is 1. The van der Waals surface area contributed by atoms with Gasteiger partial charge in [0.15, 0.2) is 5.96 Å². The first-order valence-corrected chi connectivity index (χ1v) is 7.78. The molecule has 102 valence electrons. The summed E-state index contributed by atoms with van der Waals surface area (Å²) in [5, 5.41) is 0.824. The Morgan fingerprint density at radius 3 is 2.68 bits per heavy atom. The molecule has 5 heteroatoms. The van der Waals surface area contributed by atoms with Crippen molar-refractivity contribution >= 4 is 33.5 Å². The van der Waals surface area contributed by atoms with E-state index >= 15 is 0 Å². The molecule has 0 amide bonds. The standard InChI is InChI=1S/C14H17BrClN3/c15-10-2-3-11(12(16)8-10)14(4-5-14)9-18-13(17)19-6-1-7-19/h2-3,8H,1,4-7,9H2,(H2,17,18). The van der Waals surface area contributed by atoms with Crippen molar-refractivity contribution in [2.45, 2.75) is 24.7 Å². The van der Waals surface area contributed by atoms with Crippen molar-refractivity contribution in [3.05, 3.63) is 33.3 Å². The average molecular weight is 343 g/mol. The first-order valence-electron chi connectivity index (χ1n) is 6.61. The van der Waals surface area contributed by atoms with Crippen LogP contribution in [0, 0.1) is 0 Å². The summed E-state index contributed by atoms with van der Waals surface area (Å²) in [5.74, 6) is 0.686. The van der Waals surface area contributed by atoms with E-state index in [1.807, 2.05) is 12.1 Å². The molecule has 19 heavy (non-hydrogen) atoms. The number of guanidine groups is 1. The van der Waals surface area contributed by atoms with Gasteiger partial charge in [-0.3, -0.25) is 4.99 Å². The topological polar surface area (TPSA) is 41.6 Å². The molecule has 0 atom stereocenters. The lowest BCUT2D eigenvalue weighted by Crippen LogP contribution is -2.46. The van der Waals surface area contributed by atoms with Crippen molar-refractivity contribution in [3.63, 3.8) is 0 Å². The Labute approximate surface area is 127 Å². The number of likely N-dealkylation sites (tertiary alicyclic amines) is 1. The fraction of sp³-hybridized carbons (Fsp3) is 0.500. The first kappa shape index (κ1) is 13.3. The zero-order chi connectivity index (χ0) is 13.5. The van der Waals surface area contributed by atoms with Crippen LogP contribution in [0.4, 0.5) is 0 Å². The number of nitrogens with zero attached hydrogens (tertiary/aromatic N) is 2. The van der Waals surface area contributed by atoms with Crippen LogP contribution >= 0.6 is 27.5 Å². The van der Waals surface area contributed by atoms with Crippen molar-refractivity contribution in [2.75, 3.05) is 19.6 Å². The van der Waals surface area contributed by atoms with Crippen molar-refractivity contribution in [1.82, 2.24) is 4.90 Å². The molecule has 1 heterocycles. The molecule has 3 nitrogen and oxygen atoms in total. The summed E-state index contributed by atoms with van der Waals surface area (Å²) >= 11 is 9.79. The van der Waals surface area contributed by atoms with Crippen LogP contribution in [0.15, 0.2) is 27.7 Å². The predicted octanol–water partition coefficient (Wildman–Crippen LogP) is 3.15. The Kier molecular flexibility index (Phi) is 3.48. The van der Waals surface area contributed by atoms with E-state index in [2.05, 4.69) is 31.9 Å². The van der Waals surface area contributed by atoms with Crippen molar-refractivity contribution < 1.29 is 0 Å². The minimum atomic E-state index is 0.118. The van der Waals surface area contributed by atoms with Crippen LogP contribution in [0.25, 0.3) is 0 Å². The van der Waals surface area contributed by atoms with Crippen LogP contribution in [0.5, 0.6) is 0 Å². The maximum Gasteiger partial charge on any atom is 0.191 e. The molecule has 3 rings (SSSR count). The highest BCUT2D eigenvalue weighted by Crippen LogP contribution is 2.51. The average Bonchev–Trinajstić information content (AvgIpc) is 3.05. The Morgan fingerprint density at radius 2 is 2.16 bits per heavy atom. The predicted molar refractivity (Wildman–Crippen MR) is 82.7 cm³/mol. The third-order valence-corrected chi connectivity index (χ3v) is 4.89. The van der Waals surface area contributed by atoms with Crippen molar-refractivity contribution in [2.24, 2.45) is 10.7 Å². The van der Waals surface area contributed by atoms with Gasteiger partial charge in [0.1, 0.15) is 0 Å². The maximum atomic E-state index is 6.35. The molecular formula is C14H17BrClN3. The quantitative estimate of drug-likeness (QED) is 0.677. The largest absolute Gasteiger partial charge is 0.370 e. The van der Waals surface area contributed by atoms with Gasteiger partial charge in [-0.25, -0.2) is 0 Å². The van der Waals surface area contributed by atoms with Gasteiger partial charge in [0.2, 0.25) is 0 Å². The van der Waals surface area contributed by atoms with Crippen LogP contribution < -0.4 is 5.73 Å². The van der Waals surface area contributed by atoms with E-state index in [1.54, 1.807) is 0 Å². The molecule has 1 aromatic rings. The van der Waals surface area contributed by atoms with Gasteiger partial charge in [0.05, 0.1) is 6.54 Å². The van der Waals surface area contributed by atoms with E-state index in [1.165, 1.54) is 12.0 Å². The number of hydrogen-bond donors (Lipinski definition) is 1. The van der Waals surface area contributed by atoms with E-state index in [0.29, 0.717) is 5.96 Å². The van der Waals surface area contributed by atoms with Gasteiger partial charge in [-0.15, -0.1) is 0 Å². The fourth-order valence-electron chi connectivity index (χ4n) is 2.46. The third kappa shape index (κ3) is 2.61. The summed E-state index contributed by atoms with van der Waals surface area (Å²) in [6.07, 6.45) is 3.51. The van der Waals surface area contributed by atoms with Gasteiger partial charge in [0, 0.05) is 28.0 Å². The highest BCUT2D eigenvalue weighted by molar-refractivity contribution is 9.10. The normalized spacial score (nSPS) is 21.2. The van der Waals surface area contributed by atoms with E-state index in [0.717, 1.165) is 42.0 Å². The Hall–Kier alpha value is -0.740. The molecule has 1 aliphatic heterocycles. The van der Waals surface area contributed by atoms with Crippen molar-refractivity contribution in [1.29, 1.82) is 0 Å². The second-order valence-electron chi connectivity index (χ2n) is 5.42. The molecule has 2 fully saturated rings. The second-order valence-corrected chi connectivity index (χ2v) is 6.74. The molecule has 1 saturated carbocycles. The van der Waals surface area contributed by atoms with Gasteiger partial charge in [-0.2, -0.15) is 0 Å². The molecule has 2 aliphatic rings. The van der Waals surface area contributed by atoms with Crippen LogP contribution in [-0.4, -0.2) is 30.5 Å². The molecule has 2 N–H and O–H groups in total. The van der Waals surface area contributed by atoms with Crippen LogP contribution in [0.3, 0.4) is 0 Å². The summed E-state index contributed by atoms with van der Waals surface area (Å²) in [6, 6.07) is 6.11. The molecular weight excluding hydrogens is 326 g/mol. The highest BCUT2D eigenvalue weighted by Gasteiger charge is 2.45. The minimum Gasteiger partial charge on any atom is -0.370 e. The van der Waals surface area contributed by atoms with Gasteiger partial charge >= 0.3 is 0 Å². The second kappa shape index (κ2) is 4.98. The van der Waals surface area contributed by atoms with Crippen LogP contribution in [0.1, 0.15) is 24.8 Å². The van der Waals surface area contributed by atoms with Crippen LogP contribution in [0.2, 0.25) is 5.02 Å². The smallest absolute Gasteiger partial charge is 0.191 e. The molecule has 0 aromatic heterocycles. The lowest BCUT2D eigenvalue weighted by Gasteiger charge is -2.32. The molecule has 0 bridgehead atoms. The molecule has 0 spiro atoms. The molecule has 0 radical (unpaired) electrons. The number of aliphatic imine (C=N–C) groups is 1. The maximum absolute atomic E-state index is 6.35. The van der Waals surface area contributed by atoms with Gasteiger partial charge in [-0.1, -0.05) is 33.6 Å². The summed E-state index contributed by atoms with van der Waals surface area (Å²) in [4.78, 5) is 6.69. The van der Waals surface area contributed by atoms with E-state index in [-0.39, 0.29) is 5.41 Å². The lowest BCUT2D eigenvalue weighted by molar-refractivity contribution is 0.295. The molecule has 1 aromatic carbocycles. The Balaban J connectivity index is 1.76. The summed E-state index contributed by atoms with van der Waals surface area (Å²) in [6.45, 7) is 2.83. The summed E-state index contributed by atoms with van der Waals surface area (Å²) < 4.78 is 1.01. The highest BCUT2D eigenvalue weighted by atomic mass is 79.9. The molecule has 0 unspecified atom stereocenters. The van der Waals surface area contributed by atoms with Crippen molar-refractivity contribution in [3.8, 4) is 0 Å². The zero-order valence-electron chi connectivity index (χ0n) is 10.7. The number of nitrogens with two attached hydrogens (primary N) is 1. The molecule has 1 saturated heterocycles. The summed E-state index contributed by atoms with van der Waals surface area (Å²) in [7, 11) is 0. The molecule has 1 aliphatic carbocycles. The Bertz CT molecular complexity index is 521. The van der Waals surface area contributed by atoms with E-state index < -0.39 is 0 Å². The zero-order valence-corrected chi connectivity index (χ0v) is 13.0. The van der Waals surface area contributed by atoms with E-state index in [9.17, 15) is 0 Å². The van der Waals surface area contributed by atoms with Crippen LogP contribution in [-0.2, 0) is 5.41 Å². The Morgan fingerprint density at radius 1 is 1.42 bits per heavy atom. The number of rotatable bonds is 3. The lowest BCUT2D eigenvalue weighted by atomic mass is 9.96. The fourth-order valence-corrected chi connectivity index (χ4v) is 3.33. The summed E-state index contributed by atoms with van der Waals surface area (Å²) in [5.41, 5.74) is 7.31. The first-order chi connectivity index (χ1) is 9.11. The van der Waals surface area contributed by atoms with Gasteiger partial charge < -0.3 is 10.6 Å². The third-order valence-electron chi connectivity index (χ3n) is 4.08. The monoisotopic (exact) mass is 341 g/mol. The SMILES string of the molecule is NC(=NCC1(c2ccc(Br)cc2Cl)CC1)N1CCC1. The number of benzene rings is 1. The van der Waals surface area contributed by atoms with Gasteiger partial charge in [-0.05, 0) is 37.0 Å². The van der Waals surface area contributed by atoms with E-state index in [4.69, 9.17) is 17.3 Å². The van der Waals surface area contributed by atoms with Gasteiger partial charge in [0.25, 0.3) is 0 Å². The number of halogens is 2.